The molecule has 1 saturated heterocycles. The average molecular weight is 285 g/mol. The Bertz CT molecular complexity index is 508. The van der Waals surface area contributed by atoms with Crippen LogP contribution in [0.25, 0.3) is 0 Å². The Morgan fingerprint density at radius 1 is 1.21 bits per heavy atom. The van der Waals surface area contributed by atoms with E-state index in [1.165, 1.54) is 16.7 Å². The normalized spacial score (nSPS) is 18.6. The maximum Gasteiger partial charge on any atom is 0.246 e. The highest BCUT2D eigenvalue weighted by atomic mass is 32.2. The van der Waals surface area contributed by atoms with Gasteiger partial charge in [-0.1, -0.05) is 6.92 Å². The molecule has 0 spiro atoms. The number of nitrogens with two attached hydrogens (primary N) is 1. The fourth-order valence-electron chi connectivity index (χ4n) is 2.12. The Balaban J connectivity index is 2.07. The molecule has 2 heterocycles. The van der Waals surface area contributed by atoms with E-state index in [1.807, 2.05) is 0 Å². The quantitative estimate of drug-likeness (QED) is 0.822. The van der Waals surface area contributed by atoms with E-state index < -0.39 is 10.0 Å². The van der Waals surface area contributed by atoms with Crippen molar-refractivity contribution in [3.05, 3.63) is 12.4 Å². The van der Waals surface area contributed by atoms with Crippen LogP contribution in [-0.2, 0) is 10.0 Å². The van der Waals surface area contributed by atoms with E-state index >= 15 is 0 Å². The molecule has 1 aliphatic rings. The Morgan fingerprint density at radius 3 is 2.32 bits per heavy atom. The van der Waals surface area contributed by atoms with Gasteiger partial charge >= 0.3 is 0 Å². The molecule has 7 nitrogen and oxygen atoms in total. The molecule has 0 aromatic carbocycles. The van der Waals surface area contributed by atoms with Crippen molar-refractivity contribution in [2.24, 2.45) is 0 Å². The van der Waals surface area contributed by atoms with Gasteiger partial charge in [-0.3, -0.25) is 0 Å². The van der Waals surface area contributed by atoms with Crippen LogP contribution < -0.4 is 5.73 Å². The molecule has 0 unspecified atom stereocenters. The number of aromatic nitrogens is 2. The predicted octanol–water partition coefficient (Wildman–Crippen LogP) is -0.225. The number of hydrogen-bond donors (Lipinski definition) is 1. The summed E-state index contributed by atoms with van der Waals surface area (Å²) in [4.78, 5) is 9.84. The molecule has 1 aromatic heterocycles. The number of nitrogen functional groups attached to an aromatic ring is 1. The summed E-state index contributed by atoms with van der Waals surface area (Å²) in [6, 6.07) is 0. The molecule has 2 N–H and O–H groups in total. The molecule has 0 aliphatic carbocycles. The zero-order valence-electron chi connectivity index (χ0n) is 11.0. The molecule has 1 fully saturated rings. The number of nitrogens with zero attached hydrogens (tertiary/aromatic N) is 4. The van der Waals surface area contributed by atoms with Gasteiger partial charge in [-0.05, 0) is 13.0 Å². The van der Waals surface area contributed by atoms with E-state index in [0.717, 1.165) is 26.1 Å². The zero-order chi connectivity index (χ0) is 13.9. The van der Waals surface area contributed by atoms with Crippen molar-refractivity contribution in [1.82, 2.24) is 19.2 Å². The van der Waals surface area contributed by atoms with Gasteiger partial charge in [0.15, 0.2) is 0 Å². The summed E-state index contributed by atoms with van der Waals surface area (Å²) in [6.07, 6.45) is 3.60. The Labute approximate surface area is 113 Å². The van der Waals surface area contributed by atoms with Crippen LogP contribution in [0.15, 0.2) is 17.3 Å². The van der Waals surface area contributed by atoms with Gasteiger partial charge in [0.1, 0.15) is 4.90 Å². The van der Waals surface area contributed by atoms with Gasteiger partial charge in [-0.25, -0.2) is 18.4 Å². The fraction of sp³-hybridized carbons (Fsp3) is 0.636. The van der Waals surface area contributed by atoms with Crippen molar-refractivity contribution in [3.8, 4) is 0 Å². The van der Waals surface area contributed by atoms with Gasteiger partial charge < -0.3 is 10.6 Å². The van der Waals surface area contributed by atoms with E-state index in [1.54, 1.807) is 0 Å². The van der Waals surface area contributed by atoms with E-state index in [0.29, 0.717) is 13.1 Å². The summed E-state index contributed by atoms with van der Waals surface area (Å²) in [5.41, 5.74) is 5.36. The third-order valence-corrected chi connectivity index (χ3v) is 5.01. The van der Waals surface area contributed by atoms with Crippen LogP contribution in [-0.4, -0.2) is 60.3 Å². The lowest BCUT2D eigenvalue weighted by molar-refractivity contribution is 0.188. The molecule has 1 aromatic rings. The predicted molar refractivity (Wildman–Crippen MR) is 71.9 cm³/mol. The molecular weight excluding hydrogens is 266 g/mol. The lowest BCUT2D eigenvalue weighted by Gasteiger charge is -2.33. The molecule has 8 heteroatoms. The maximum atomic E-state index is 12.3. The van der Waals surface area contributed by atoms with Crippen molar-refractivity contribution in [2.75, 3.05) is 38.5 Å². The maximum absolute atomic E-state index is 12.3. The highest BCUT2D eigenvalue weighted by Gasteiger charge is 2.28. The molecule has 0 atom stereocenters. The van der Waals surface area contributed by atoms with E-state index in [4.69, 9.17) is 5.73 Å². The number of rotatable bonds is 4. The molecule has 2 rings (SSSR count). The SMILES string of the molecule is CCCN1CCN(S(=O)(=O)c2cnc(N)nc2)CC1. The van der Waals surface area contributed by atoms with Crippen LogP contribution in [0.2, 0.25) is 0 Å². The monoisotopic (exact) mass is 285 g/mol. The summed E-state index contributed by atoms with van der Waals surface area (Å²) in [5, 5.41) is 0. The van der Waals surface area contributed by atoms with Crippen LogP contribution >= 0.6 is 0 Å². The topological polar surface area (TPSA) is 92.4 Å². The second kappa shape index (κ2) is 5.81. The first-order chi connectivity index (χ1) is 9.04. The fourth-order valence-corrected chi connectivity index (χ4v) is 3.43. The lowest BCUT2D eigenvalue weighted by Crippen LogP contribution is -2.48. The van der Waals surface area contributed by atoms with Crippen molar-refractivity contribution < 1.29 is 8.42 Å². The Morgan fingerprint density at radius 2 is 1.79 bits per heavy atom. The van der Waals surface area contributed by atoms with Crippen LogP contribution in [0.5, 0.6) is 0 Å². The van der Waals surface area contributed by atoms with Crippen molar-refractivity contribution >= 4 is 16.0 Å². The minimum absolute atomic E-state index is 0.0757. The first-order valence-electron chi connectivity index (χ1n) is 6.34. The van der Waals surface area contributed by atoms with Crippen LogP contribution in [0.1, 0.15) is 13.3 Å². The molecule has 0 amide bonds. The van der Waals surface area contributed by atoms with Gasteiger partial charge in [0.05, 0.1) is 12.4 Å². The summed E-state index contributed by atoms with van der Waals surface area (Å²) in [7, 11) is -3.49. The number of anilines is 1. The molecule has 1 aliphatic heterocycles. The first kappa shape index (κ1) is 14.2. The Hall–Kier alpha value is -1.25. The standard InChI is InChI=1S/C11H19N5O2S/c1-2-3-15-4-6-16(7-5-15)19(17,18)10-8-13-11(12)14-9-10/h8-9H,2-7H2,1H3,(H2,12,13,14). The average Bonchev–Trinajstić information content (AvgIpc) is 2.40. The van der Waals surface area contributed by atoms with Crippen LogP contribution in [0, 0.1) is 0 Å². The highest BCUT2D eigenvalue weighted by molar-refractivity contribution is 7.89. The largest absolute Gasteiger partial charge is 0.368 e. The third kappa shape index (κ3) is 3.20. The summed E-state index contributed by atoms with van der Waals surface area (Å²) in [6.45, 7) is 5.68. The van der Waals surface area contributed by atoms with Crippen molar-refractivity contribution in [3.63, 3.8) is 0 Å². The first-order valence-corrected chi connectivity index (χ1v) is 7.78. The zero-order valence-corrected chi connectivity index (χ0v) is 11.8. The van der Waals surface area contributed by atoms with E-state index in [9.17, 15) is 8.42 Å². The van der Waals surface area contributed by atoms with E-state index in [2.05, 4.69) is 21.8 Å². The molecular formula is C11H19N5O2S. The number of piperazine rings is 1. The second-order valence-corrected chi connectivity index (χ2v) is 6.46. The smallest absolute Gasteiger partial charge is 0.246 e. The van der Waals surface area contributed by atoms with Gasteiger partial charge in [0.25, 0.3) is 0 Å². The third-order valence-electron chi connectivity index (χ3n) is 3.16. The number of sulfonamides is 1. The molecule has 19 heavy (non-hydrogen) atoms. The van der Waals surface area contributed by atoms with E-state index in [-0.39, 0.29) is 10.8 Å². The summed E-state index contributed by atoms with van der Waals surface area (Å²) in [5.74, 6) is 0.0757. The van der Waals surface area contributed by atoms with Gasteiger partial charge in [0, 0.05) is 26.2 Å². The molecule has 106 valence electrons. The van der Waals surface area contributed by atoms with Gasteiger partial charge in [-0.15, -0.1) is 0 Å². The number of hydrogen-bond acceptors (Lipinski definition) is 6. The lowest BCUT2D eigenvalue weighted by atomic mass is 10.3. The Kier molecular flexibility index (Phi) is 4.33. The molecule has 0 saturated carbocycles. The van der Waals surface area contributed by atoms with Crippen LogP contribution in [0.4, 0.5) is 5.95 Å². The summed E-state index contributed by atoms with van der Waals surface area (Å²) < 4.78 is 26.2. The van der Waals surface area contributed by atoms with Crippen molar-refractivity contribution in [1.29, 1.82) is 0 Å². The molecule has 0 radical (unpaired) electrons. The molecule has 0 bridgehead atoms. The van der Waals surface area contributed by atoms with Crippen LogP contribution in [0.3, 0.4) is 0 Å². The summed E-state index contributed by atoms with van der Waals surface area (Å²) >= 11 is 0. The van der Waals surface area contributed by atoms with Gasteiger partial charge in [0.2, 0.25) is 16.0 Å². The second-order valence-electron chi connectivity index (χ2n) is 4.52. The van der Waals surface area contributed by atoms with Gasteiger partial charge in [-0.2, -0.15) is 4.31 Å². The van der Waals surface area contributed by atoms with Crippen molar-refractivity contribution in [2.45, 2.75) is 18.2 Å². The minimum Gasteiger partial charge on any atom is -0.368 e. The minimum atomic E-state index is -3.49. The highest BCUT2D eigenvalue weighted by Crippen LogP contribution is 2.16.